The molecule has 0 aliphatic rings. The Morgan fingerprint density at radius 1 is 0.812 bits per heavy atom. The van der Waals surface area contributed by atoms with Crippen molar-refractivity contribution in [2.24, 2.45) is 0 Å². The lowest BCUT2D eigenvalue weighted by Gasteiger charge is -2.10. The van der Waals surface area contributed by atoms with Crippen LogP contribution in [0.15, 0.2) is 78.0 Å². The minimum Gasteiger partial charge on any atom is -0.289 e. The lowest BCUT2D eigenvalue weighted by Crippen LogP contribution is -2.32. The van der Waals surface area contributed by atoms with Gasteiger partial charge < -0.3 is 0 Å². The zero-order valence-corrected chi connectivity index (χ0v) is 18.4. The monoisotopic (exact) mass is 485 g/mol. The third-order valence-electron chi connectivity index (χ3n) is 4.53. The van der Waals surface area contributed by atoms with Gasteiger partial charge in [0.05, 0.1) is 32.8 Å². The van der Waals surface area contributed by atoms with E-state index in [0.29, 0.717) is 11.0 Å². The van der Waals surface area contributed by atoms with Gasteiger partial charge in [-0.25, -0.2) is 9.71 Å². The Bertz CT molecular complexity index is 1490. The number of para-hydroxylation sites is 2. The zero-order chi connectivity index (χ0) is 22.9. The van der Waals surface area contributed by atoms with E-state index in [1.165, 1.54) is 36.4 Å². The Hall–Kier alpha value is -3.33. The van der Waals surface area contributed by atoms with Gasteiger partial charge in [0.1, 0.15) is 0 Å². The molecule has 0 spiro atoms. The molecule has 0 atom stereocenters. The summed E-state index contributed by atoms with van der Waals surface area (Å²) in [5, 5.41) is 0.0339. The number of benzene rings is 3. The second kappa shape index (κ2) is 8.66. The van der Waals surface area contributed by atoms with Crippen LogP contribution in [0.1, 0.15) is 26.3 Å². The van der Waals surface area contributed by atoms with E-state index in [1.807, 2.05) is 4.72 Å². The maximum absolute atomic E-state index is 13.0. The molecule has 7 nitrogen and oxygen atoms in total. The molecule has 3 aromatic carbocycles. The number of rotatable bonds is 5. The standard InChI is InChI=1S/C22H13Cl2N3O4S/c23-16-10-9-13(11-17(16)24)21(28)14-5-1-2-6-15(14)22(29)27-32(30,31)20-12-25-18-7-3-4-8-19(18)26-20/h1-12H,(H,27,29). The minimum absolute atomic E-state index is 0.00295. The minimum atomic E-state index is -4.34. The van der Waals surface area contributed by atoms with Crippen LogP contribution in [0.5, 0.6) is 0 Å². The van der Waals surface area contributed by atoms with Crippen LogP contribution in [0.3, 0.4) is 0 Å². The molecule has 0 fully saturated rings. The highest BCUT2D eigenvalue weighted by atomic mass is 35.5. The molecule has 160 valence electrons. The summed E-state index contributed by atoms with van der Waals surface area (Å²) in [6, 6.07) is 16.9. The number of nitrogens with zero attached hydrogens (tertiary/aromatic N) is 2. The highest BCUT2D eigenvalue weighted by Gasteiger charge is 2.25. The van der Waals surface area contributed by atoms with Gasteiger partial charge in [0, 0.05) is 11.1 Å². The van der Waals surface area contributed by atoms with Crippen molar-refractivity contribution in [3.8, 4) is 0 Å². The third-order valence-corrected chi connectivity index (χ3v) is 6.47. The third kappa shape index (κ3) is 4.34. The second-order valence-electron chi connectivity index (χ2n) is 6.64. The smallest absolute Gasteiger partial charge is 0.283 e. The Balaban J connectivity index is 1.66. The first-order chi connectivity index (χ1) is 15.3. The number of hydrogen-bond acceptors (Lipinski definition) is 6. The number of aromatic nitrogens is 2. The predicted molar refractivity (Wildman–Crippen MR) is 121 cm³/mol. The van der Waals surface area contributed by atoms with Gasteiger partial charge in [-0.15, -0.1) is 0 Å². The lowest BCUT2D eigenvalue weighted by molar-refractivity contribution is 0.0966. The molecule has 1 aromatic heterocycles. The molecule has 32 heavy (non-hydrogen) atoms. The van der Waals surface area contributed by atoms with Crippen LogP contribution in [0.25, 0.3) is 11.0 Å². The van der Waals surface area contributed by atoms with Crippen LogP contribution in [0.4, 0.5) is 0 Å². The van der Waals surface area contributed by atoms with Crippen molar-refractivity contribution in [2.75, 3.05) is 0 Å². The van der Waals surface area contributed by atoms with Crippen molar-refractivity contribution >= 4 is 55.9 Å². The molecular formula is C22H13Cl2N3O4S. The molecule has 10 heteroatoms. The topological polar surface area (TPSA) is 106 Å². The molecule has 0 aliphatic heterocycles. The Morgan fingerprint density at radius 2 is 1.47 bits per heavy atom. The van der Waals surface area contributed by atoms with E-state index < -0.39 is 26.7 Å². The summed E-state index contributed by atoms with van der Waals surface area (Å²) in [7, 11) is -4.34. The first-order valence-corrected chi connectivity index (χ1v) is 11.4. The summed E-state index contributed by atoms with van der Waals surface area (Å²) in [4.78, 5) is 33.9. The molecule has 1 N–H and O–H groups in total. The Labute approximate surface area is 193 Å². The molecule has 0 unspecified atom stereocenters. The normalized spacial score (nSPS) is 11.3. The quantitative estimate of drug-likeness (QED) is 0.422. The molecule has 4 aromatic rings. The summed E-state index contributed by atoms with van der Waals surface area (Å²) in [5.41, 5.74) is 0.945. The van der Waals surface area contributed by atoms with Crippen molar-refractivity contribution in [1.29, 1.82) is 0 Å². The summed E-state index contributed by atoms with van der Waals surface area (Å²) in [5.74, 6) is -1.50. The maximum atomic E-state index is 13.0. The number of sulfonamides is 1. The van der Waals surface area contributed by atoms with Gasteiger partial charge in [0.2, 0.25) is 0 Å². The fourth-order valence-corrected chi connectivity index (χ4v) is 4.14. The van der Waals surface area contributed by atoms with E-state index >= 15 is 0 Å². The number of fused-ring (bicyclic) bond motifs is 1. The van der Waals surface area contributed by atoms with E-state index in [-0.39, 0.29) is 26.7 Å². The van der Waals surface area contributed by atoms with Gasteiger partial charge in [-0.1, -0.05) is 53.5 Å². The van der Waals surface area contributed by atoms with E-state index in [1.54, 1.807) is 30.3 Å². The van der Waals surface area contributed by atoms with Gasteiger partial charge in [-0.3, -0.25) is 14.6 Å². The Morgan fingerprint density at radius 3 is 2.19 bits per heavy atom. The highest BCUT2D eigenvalue weighted by molar-refractivity contribution is 7.90. The largest absolute Gasteiger partial charge is 0.289 e. The fourth-order valence-electron chi connectivity index (χ4n) is 2.97. The van der Waals surface area contributed by atoms with Gasteiger partial charge in [-0.05, 0) is 36.4 Å². The van der Waals surface area contributed by atoms with Crippen LogP contribution >= 0.6 is 23.2 Å². The SMILES string of the molecule is O=C(NS(=O)(=O)c1cnc2ccccc2n1)c1ccccc1C(=O)c1ccc(Cl)c(Cl)c1. The summed E-state index contributed by atoms with van der Waals surface area (Å²) in [6.45, 7) is 0. The zero-order valence-electron chi connectivity index (χ0n) is 16.1. The van der Waals surface area contributed by atoms with Gasteiger partial charge in [-0.2, -0.15) is 8.42 Å². The number of nitrogens with one attached hydrogen (secondary N) is 1. The lowest BCUT2D eigenvalue weighted by atomic mass is 9.98. The number of halogens is 2. The molecule has 0 bridgehead atoms. The molecule has 4 rings (SSSR count). The van der Waals surface area contributed by atoms with E-state index in [0.717, 1.165) is 6.20 Å². The number of carbonyl (C=O) groups excluding carboxylic acids is 2. The summed E-state index contributed by atoms with van der Waals surface area (Å²) >= 11 is 11.9. The number of carbonyl (C=O) groups is 2. The summed E-state index contributed by atoms with van der Waals surface area (Å²) in [6.07, 6.45) is 1.06. The maximum Gasteiger partial charge on any atom is 0.283 e. The van der Waals surface area contributed by atoms with Crippen LogP contribution in [0.2, 0.25) is 10.0 Å². The first-order valence-electron chi connectivity index (χ1n) is 9.14. The average molecular weight is 486 g/mol. The van der Waals surface area contributed by atoms with Crippen LogP contribution in [-0.4, -0.2) is 30.1 Å². The van der Waals surface area contributed by atoms with Crippen molar-refractivity contribution in [1.82, 2.24) is 14.7 Å². The van der Waals surface area contributed by atoms with Crippen LogP contribution < -0.4 is 4.72 Å². The average Bonchev–Trinajstić information content (AvgIpc) is 2.79. The van der Waals surface area contributed by atoms with Crippen molar-refractivity contribution in [3.63, 3.8) is 0 Å². The van der Waals surface area contributed by atoms with E-state index in [2.05, 4.69) is 9.97 Å². The van der Waals surface area contributed by atoms with Gasteiger partial charge in [0.15, 0.2) is 10.8 Å². The molecule has 0 radical (unpaired) electrons. The molecule has 1 heterocycles. The molecular weight excluding hydrogens is 473 g/mol. The summed E-state index contributed by atoms with van der Waals surface area (Å²) < 4.78 is 27.4. The molecule has 0 saturated heterocycles. The highest BCUT2D eigenvalue weighted by Crippen LogP contribution is 2.25. The van der Waals surface area contributed by atoms with Gasteiger partial charge in [0.25, 0.3) is 15.9 Å². The van der Waals surface area contributed by atoms with Crippen molar-refractivity contribution < 1.29 is 18.0 Å². The fraction of sp³-hybridized carbons (Fsp3) is 0. The second-order valence-corrected chi connectivity index (χ2v) is 9.08. The van der Waals surface area contributed by atoms with E-state index in [4.69, 9.17) is 23.2 Å². The first kappa shape index (κ1) is 21.9. The van der Waals surface area contributed by atoms with Crippen molar-refractivity contribution in [3.05, 3.63) is 99.7 Å². The van der Waals surface area contributed by atoms with Gasteiger partial charge >= 0.3 is 0 Å². The van der Waals surface area contributed by atoms with Crippen LogP contribution in [-0.2, 0) is 10.0 Å². The molecule has 0 aliphatic carbocycles. The number of hydrogen-bond donors (Lipinski definition) is 1. The van der Waals surface area contributed by atoms with Crippen LogP contribution in [0, 0.1) is 0 Å². The Kier molecular flexibility index (Phi) is 5.92. The molecule has 0 saturated carbocycles. The number of ketones is 1. The van der Waals surface area contributed by atoms with E-state index in [9.17, 15) is 18.0 Å². The number of amides is 1. The predicted octanol–water partition coefficient (Wildman–Crippen LogP) is 4.29. The molecule has 1 amide bonds. The van der Waals surface area contributed by atoms with Crippen molar-refractivity contribution in [2.45, 2.75) is 5.03 Å².